The van der Waals surface area contributed by atoms with Crippen molar-refractivity contribution in [3.8, 4) is 5.75 Å². The number of rotatable bonds is 6. The molecule has 22 heavy (non-hydrogen) atoms. The maximum absolute atomic E-state index is 11.0. The van der Waals surface area contributed by atoms with E-state index >= 15 is 0 Å². The van der Waals surface area contributed by atoms with Gasteiger partial charge in [-0.2, -0.15) is 4.98 Å². The second-order valence-corrected chi connectivity index (χ2v) is 4.36. The smallest absolute Gasteiger partial charge is 0.346 e. The van der Waals surface area contributed by atoms with E-state index in [0.717, 1.165) is 0 Å². The monoisotopic (exact) mass is 306 g/mol. The van der Waals surface area contributed by atoms with E-state index in [2.05, 4.69) is 9.97 Å². The zero-order valence-corrected chi connectivity index (χ0v) is 11.7. The van der Waals surface area contributed by atoms with Crippen LogP contribution in [0, 0.1) is 10.1 Å². The van der Waals surface area contributed by atoms with Crippen LogP contribution in [0.4, 0.5) is 11.5 Å². The van der Waals surface area contributed by atoms with Crippen molar-refractivity contribution in [1.82, 2.24) is 9.97 Å². The molecule has 0 saturated heterocycles. The maximum Gasteiger partial charge on any atom is 0.346 e. The Morgan fingerprint density at radius 2 is 2.09 bits per heavy atom. The summed E-state index contributed by atoms with van der Waals surface area (Å²) in [4.78, 5) is 27.4. The number of H-pyrrole nitrogens is 1. The Hall–Kier alpha value is -2.94. The second-order valence-electron chi connectivity index (χ2n) is 4.36. The third-order valence-electron chi connectivity index (χ3n) is 2.93. The molecule has 0 spiro atoms. The average Bonchev–Trinajstić information content (AvgIpc) is 2.49. The predicted octanol–water partition coefficient (Wildman–Crippen LogP) is 0.986. The lowest BCUT2D eigenvalue weighted by atomic mass is 10.2. The standard InChI is InChI=1S/C13H14N4O5/c1-21-10-3-2-8(11(4-10)17(19)20)6-22-7-9-5-15-13(18)16-12(9)14/h2-5H,6-7H2,1H3,(H3,14,15,16,18). The summed E-state index contributed by atoms with van der Waals surface area (Å²) in [5, 5.41) is 11.0. The molecule has 2 rings (SSSR count). The SMILES string of the molecule is COc1ccc(COCc2c[nH]c(=O)nc2N)c([N+](=O)[O-])c1. The molecule has 9 heteroatoms. The zero-order chi connectivity index (χ0) is 16.1. The maximum atomic E-state index is 11.0. The van der Waals surface area contributed by atoms with E-state index in [9.17, 15) is 14.9 Å². The van der Waals surface area contributed by atoms with E-state index in [1.54, 1.807) is 12.1 Å². The summed E-state index contributed by atoms with van der Waals surface area (Å²) in [5.74, 6) is 0.456. The van der Waals surface area contributed by atoms with Gasteiger partial charge >= 0.3 is 5.69 Å². The fraction of sp³-hybridized carbons (Fsp3) is 0.231. The normalized spacial score (nSPS) is 10.4. The van der Waals surface area contributed by atoms with Gasteiger partial charge < -0.3 is 20.2 Å². The zero-order valence-electron chi connectivity index (χ0n) is 11.7. The van der Waals surface area contributed by atoms with Gasteiger partial charge in [0.05, 0.1) is 36.9 Å². The number of nitro benzene ring substituents is 1. The molecule has 2 aromatic rings. The van der Waals surface area contributed by atoms with Gasteiger partial charge in [0, 0.05) is 11.8 Å². The molecule has 0 amide bonds. The van der Waals surface area contributed by atoms with E-state index < -0.39 is 10.6 Å². The first-order valence-corrected chi connectivity index (χ1v) is 6.24. The van der Waals surface area contributed by atoms with Crippen molar-refractivity contribution in [1.29, 1.82) is 0 Å². The van der Waals surface area contributed by atoms with Gasteiger partial charge in [0.15, 0.2) is 0 Å². The number of nitro groups is 1. The van der Waals surface area contributed by atoms with Gasteiger partial charge in [-0.05, 0) is 12.1 Å². The van der Waals surface area contributed by atoms with Gasteiger partial charge in [0.2, 0.25) is 0 Å². The number of anilines is 1. The fourth-order valence-electron chi connectivity index (χ4n) is 1.79. The predicted molar refractivity (Wildman–Crippen MR) is 77.4 cm³/mol. The highest BCUT2D eigenvalue weighted by atomic mass is 16.6. The first-order chi connectivity index (χ1) is 10.5. The van der Waals surface area contributed by atoms with Crippen LogP contribution in [0.5, 0.6) is 5.75 Å². The van der Waals surface area contributed by atoms with Gasteiger partial charge in [-0.1, -0.05) is 0 Å². The van der Waals surface area contributed by atoms with E-state index in [1.165, 1.54) is 19.4 Å². The van der Waals surface area contributed by atoms with Crippen LogP contribution in [0.25, 0.3) is 0 Å². The number of nitrogen functional groups attached to an aromatic ring is 1. The number of nitrogens with two attached hydrogens (primary N) is 1. The van der Waals surface area contributed by atoms with Crippen molar-refractivity contribution < 1.29 is 14.4 Å². The molecule has 0 saturated carbocycles. The number of nitrogens with one attached hydrogen (secondary N) is 1. The quantitative estimate of drug-likeness (QED) is 0.600. The Balaban J connectivity index is 2.08. The van der Waals surface area contributed by atoms with Crippen molar-refractivity contribution in [2.75, 3.05) is 12.8 Å². The van der Waals surface area contributed by atoms with E-state index in [4.69, 9.17) is 15.2 Å². The van der Waals surface area contributed by atoms with Gasteiger partial charge in [0.1, 0.15) is 11.6 Å². The van der Waals surface area contributed by atoms with Gasteiger partial charge in [-0.15, -0.1) is 0 Å². The minimum Gasteiger partial charge on any atom is -0.497 e. The molecule has 0 bridgehead atoms. The number of benzene rings is 1. The van der Waals surface area contributed by atoms with Gasteiger partial charge in [0.25, 0.3) is 5.69 Å². The lowest BCUT2D eigenvalue weighted by Gasteiger charge is -2.07. The number of methoxy groups -OCH3 is 1. The van der Waals surface area contributed by atoms with Crippen LogP contribution in [0.1, 0.15) is 11.1 Å². The topological polar surface area (TPSA) is 133 Å². The second kappa shape index (κ2) is 6.68. The number of hydrogen-bond acceptors (Lipinski definition) is 7. The molecule has 116 valence electrons. The van der Waals surface area contributed by atoms with Crippen LogP contribution in [0.3, 0.4) is 0 Å². The van der Waals surface area contributed by atoms with E-state index in [0.29, 0.717) is 16.9 Å². The van der Waals surface area contributed by atoms with Crippen LogP contribution in [-0.2, 0) is 18.0 Å². The molecule has 1 aromatic carbocycles. The highest BCUT2D eigenvalue weighted by Gasteiger charge is 2.15. The molecular formula is C13H14N4O5. The highest BCUT2D eigenvalue weighted by Crippen LogP contribution is 2.25. The third-order valence-corrected chi connectivity index (χ3v) is 2.93. The molecule has 0 aliphatic carbocycles. The summed E-state index contributed by atoms with van der Waals surface area (Å²) in [7, 11) is 1.43. The summed E-state index contributed by atoms with van der Waals surface area (Å²) in [6.07, 6.45) is 1.40. The van der Waals surface area contributed by atoms with Crippen molar-refractivity contribution in [2.24, 2.45) is 0 Å². The largest absolute Gasteiger partial charge is 0.497 e. The Bertz CT molecular complexity index is 743. The fourth-order valence-corrected chi connectivity index (χ4v) is 1.79. The summed E-state index contributed by atoms with van der Waals surface area (Å²) < 4.78 is 10.4. The Kier molecular flexibility index (Phi) is 4.69. The summed E-state index contributed by atoms with van der Waals surface area (Å²) in [5.41, 5.74) is 5.84. The molecule has 1 aromatic heterocycles. The van der Waals surface area contributed by atoms with Crippen LogP contribution in [0.15, 0.2) is 29.2 Å². The molecule has 9 nitrogen and oxygen atoms in total. The van der Waals surface area contributed by atoms with Gasteiger partial charge in [-0.25, -0.2) is 4.79 Å². The molecule has 3 N–H and O–H groups in total. The molecule has 1 heterocycles. The number of hydrogen-bond donors (Lipinski definition) is 2. The number of aromatic nitrogens is 2. The van der Waals surface area contributed by atoms with Crippen molar-refractivity contribution in [3.05, 3.63) is 56.1 Å². The number of nitrogens with zero attached hydrogens (tertiary/aromatic N) is 2. The minimum absolute atomic E-state index is 0.0128. The van der Waals surface area contributed by atoms with Crippen molar-refractivity contribution in [3.63, 3.8) is 0 Å². The highest BCUT2D eigenvalue weighted by molar-refractivity contribution is 5.45. The Labute approximate surface area is 124 Å². The van der Waals surface area contributed by atoms with Crippen molar-refractivity contribution >= 4 is 11.5 Å². The first-order valence-electron chi connectivity index (χ1n) is 6.24. The third kappa shape index (κ3) is 3.58. The van der Waals surface area contributed by atoms with E-state index in [-0.39, 0.29) is 24.7 Å². The molecule has 0 radical (unpaired) electrons. The van der Waals surface area contributed by atoms with Crippen LogP contribution >= 0.6 is 0 Å². The number of ether oxygens (including phenoxy) is 2. The molecule has 0 fully saturated rings. The lowest BCUT2D eigenvalue weighted by molar-refractivity contribution is -0.386. The first kappa shape index (κ1) is 15.4. The number of aromatic amines is 1. The molecule has 0 aliphatic rings. The summed E-state index contributed by atoms with van der Waals surface area (Å²) in [6, 6.07) is 4.50. The van der Waals surface area contributed by atoms with Crippen LogP contribution in [0.2, 0.25) is 0 Å². The average molecular weight is 306 g/mol. The Morgan fingerprint density at radius 3 is 2.73 bits per heavy atom. The lowest BCUT2D eigenvalue weighted by Crippen LogP contribution is -2.14. The molecule has 0 aliphatic heterocycles. The van der Waals surface area contributed by atoms with Crippen LogP contribution in [-0.4, -0.2) is 22.0 Å². The molecular weight excluding hydrogens is 292 g/mol. The summed E-state index contributed by atoms with van der Waals surface area (Å²) >= 11 is 0. The van der Waals surface area contributed by atoms with E-state index in [1.807, 2.05) is 0 Å². The molecule has 0 unspecified atom stereocenters. The van der Waals surface area contributed by atoms with Crippen LogP contribution < -0.4 is 16.2 Å². The van der Waals surface area contributed by atoms with Gasteiger partial charge in [-0.3, -0.25) is 10.1 Å². The van der Waals surface area contributed by atoms with Crippen molar-refractivity contribution in [2.45, 2.75) is 13.2 Å². The summed E-state index contributed by atoms with van der Waals surface area (Å²) in [6.45, 7) is 0.0810. The molecule has 0 atom stereocenters. The minimum atomic E-state index is -0.549. The Morgan fingerprint density at radius 1 is 1.36 bits per heavy atom.